The molecule has 0 radical (unpaired) electrons. The van der Waals surface area contributed by atoms with E-state index < -0.39 is 0 Å². The van der Waals surface area contributed by atoms with Gasteiger partial charge in [-0.05, 0) is 48.9 Å². The summed E-state index contributed by atoms with van der Waals surface area (Å²) in [6.45, 7) is 4.98. The summed E-state index contributed by atoms with van der Waals surface area (Å²) in [6, 6.07) is 7.04. The molecule has 0 saturated heterocycles. The summed E-state index contributed by atoms with van der Waals surface area (Å²) >= 11 is 0. The second kappa shape index (κ2) is 9.02. The van der Waals surface area contributed by atoms with E-state index in [4.69, 9.17) is 5.11 Å². The minimum atomic E-state index is -0.244. The van der Waals surface area contributed by atoms with Gasteiger partial charge >= 0.3 is 6.03 Å². The van der Waals surface area contributed by atoms with Crippen molar-refractivity contribution in [2.24, 2.45) is 11.8 Å². The van der Waals surface area contributed by atoms with E-state index in [1.807, 2.05) is 12.1 Å². The second-order valence-electron chi connectivity index (χ2n) is 6.21. The van der Waals surface area contributed by atoms with Crippen molar-refractivity contribution in [1.29, 1.82) is 0 Å². The first-order chi connectivity index (χ1) is 11.6. The summed E-state index contributed by atoms with van der Waals surface area (Å²) in [7, 11) is 0. The standard InChI is InChI=1S/C17H25N5O2/c1-13(2)11-14(7-10-23)12-18-17(24)21-15-3-5-16(6-4-15)22-19-8-9-20-22/h3-6,8-9,13-14,23H,7,10-12H2,1-2H3,(H2,18,21,24). The zero-order valence-electron chi connectivity index (χ0n) is 14.1. The Balaban J connectivity index is 1.83. The molecule has 1 aromatic carbocycles. The fourth-order valence-corrected chi connectivity index (χ4v) is 2.59. The first-order valence-electron chi connectivity index (χ1n) is 8.21. The average Bonchev–Trinajstić information content (AvgIpc) is 3.07. The summed E-state index contributed by atoms with van der Waals surface area (Å²) in [6.07, 6.45) is 4.90. The Labute approximate surface area is 142 Å². The summed E-state index contributed by atoms with van der Waals surface area (Å²) in [5.41, 5.74) is 1.52. The number of aliphatic hydroxyl groups is 1. The molecule has 130 valence electrons. The molecular formula is C17H25N5O2. The summed E-state index contributed by atoms with van der Waals surface area (Å²) in [5, 5.41) is 22.9. The zero-order chi connectivity index (χ0) is 17.4. The highest BCUT2D eigenvalue weighted by molar-refractivity contribution is 5.89. The number of aromatic nitrogens is 3. The van der Waals surface area contributed by atoms with E-state index in [1.165, 1.54) is 4.80 Å². The molecule has 1 unspecified atom stereocenters. The number of hydrogen-bond donors (Lipinski definition) is 3. The lowest BCUT2D eigenvalue weighted by Gasteiger charge is -2.18. The smallest absolute Gasteiger partial charge is 0.319 e. The molecule has 1 heterocycles. The van der Waals surface area contributed by atoms with Gasteiger partial charge in [0.15, 0.2) is 0 Å². The monoisotopic (exact) mass is 331 g/mol. The molecule has 3 N–H and O–H groups in total. The number of nitrogens with one attached hydrogen (secondary N) is 2. The summed E-state index contributed by atoms with van der Waals surface area (Å²) in [4.78, 5) is 13.5. The van der Waals surface area contributed by atoms with Crippen LogP contribution in [0.4, 0.5) is 10.5 Å². The zero-order valence-corrected chi connectivity index (χ0v) is 14.1. The predicted molar refractivity (Wildman–Crippen MR) is 93.0 cm³/mol. The summed E-state index contributed by atoms with van der Waals surface area (Å²) < 4.78 is 0. The highest BCUT2D eigenvalue weighted by Crippen LogP contribution is 2.15. The van der Waals surface area contributed by atoms with Crippen LogP contribution in [0, 0.1) is 11.8 Å². The Morgan fingerprint density at radius 1 is 1.21 bits per heavy atom. The fraction of sp³-hybridized carbons (Fsp3) is 0.471. The van der Waals surface area contributed by atoms with Crippen LogP contribution in [-0.2, 0) is 0 Å². The highest BCUT2D eigenvalue weighted by Gasteiger charge is 2.12. The lowest BCUT2D eigenvalue weighted by atomic mass is 9.94. The molecule has 1 atom stereocenters. The van der Waals surface area contributed by atoms with Crippen molar-refractivity contribution in [1.82, 2.24) is 20.3 Å². The Morgan fingerprint density at radius 2 is 1.88 bits per heavy atom. The van der Waals surface area contributed by atoms with E-state index in [-0.39, 0.29) is 18.6 Å². The van der Waals surface area contributed by atoms with Crippen LogP contribution in [-0.4, -0.2) is 39.3 Å². The molecule has 24 heavy (non-hydrogen) atoms. The number of benzene rings is 1. The van der Waals surface area contributed by atoms with Gasteiger partial charge in [-0.25, -0.2) is 4.79 Å². The van der Waals surface area contributed by atoms with Crippen LogP contribution in [0.1, 0.15) is 26.7 Å². The van der Waals surface area contributed by atoms with E-state index in [0.717, 1.165) is 12.1 Å². The van der Waals surface area contributed by atoms with Gasteiger partial charge in [-0.1, -0.05) is 13.8 Å². The molecule has 2 aromatic rings. The van der Waals surface area contributed by atoms with Crippen molar-refractivity contribution in [3.8, 4) is 5.69 Å². The number of urea groups is 1. The number of rotatable bonds is 8. The van der Waals surface area contributed by atoms with Gasteiger partial charge in [-0.15, -0.1) is 0 Å². The van der Waals surface area contributed by atoms with Crippen LogP contribution in [0.2, 0.25) is 0 Å². The van der Waals surface area contributed by atoms with Gasteiger partial charge in [-0.2, -0.15) is 15.0 Å². The minimum Gasteiger partial charge on any atom is -0.396 e. The van der Waals surface area contributed by atoms with Gasteiger partial charge in [0.25, 0.3) is 0 Å². The lowest BCUT2D eigenvalue weighted by molar-refractivity contribution is 0.231. The van der Waals surface area contributed by atoms with E-state index in [0.29, 0.717) is 24.6 Å². The third kappa shape index (κ3) is 5.66. The number of carbonyl (C=O) groups excluding carboxylic acids is 1. The molecule has 2 amide bonds. The number of carbonyl (C=O) groups is 1. The SMILES string of the molecule is CC(C)CC(CCO)CNC(=O)Nc1ccc(-n2nccn2)cc1. The molecule has 0 aliphatic rings. The summed E-state index contributed by atoms with van der Waals surface area (Å²) in [5.74, 6) is 0.823. The van der Waals surface area contributed by atoms with Crippen LogP contribution < -0.4 is 10.6 Å². The lowest BCUT2D eigenvalue weighted by Crippen LogP contribution is -2.33. The highest BCUT2D eigenvalue weighted by atomic mass is 16.3. The molecule has 0 aliphatic carbocycles. The van der Waals surface area contributed by atoms with Crippen molar-refractivity contribution in [2.75, 3.05) is 18.5 Å². The first kappa shape index (κ1) is 17.9. The Morgan fingerprint density at radius 3 is 2.46 bits per heavy atom. The molecule has 0 saturated carbocycles. The number of anilines is 1. The van der Waals surface area contributed by atoms with Crippen molar-refractivity contribution in [3.63, 3.8) is 0 Å². The van der Waals surface area contributed by atoms with Crippen molar-refractivity contribution in [2.45, 2.75) is 26.7 Å². The third-order valence-corrected chi connectivity index (χ3v) is 3.67. The van der Waals surface area contributed by atoms with Gasteiger partial charge in [-0.3, -0.25) is 0 Å². The van der Waals surface area contributed by atoms with Crippen LogP contribution in [0.15, 0.2) is 36.7 Å². The third-order valence-electron chi connectivity index (χ3n) is 3.67. The van der Waals surface area contributed by atoms with Crippen LogP contribution in [0.5, 0.6) is 0 Å². The molecule has 0 spiro atoms. The average molecular weight is 331 g/mol. The number of aliphatic hydroxyl groups excluding tert-OH is 1. The molecule has 2 rings (SSSR count). The quantitative estimate of drug-likeness (QED) is 0.693. The minimum absolute atomic E-state index is 0.142. The van der Waals surface area contributed by atoms with E-state index in [9.17, 15) is 4.79 Å². The maximum atomic E-state index is 12.0. The number of hydrogen-bond acceptors (Lipinski definition) is 4. The number of amides is 2. The molecule has 0 aliphatic heterocycles. The van der Waals surface area contributed by atoms with Crippen LogP contribution in [0.3, 0.4) is 0 Å². The van der Waals surface area contributed by atoms with E-state index >= 15 is 0 Å². The molecule has 0 fully saturated rings. The molecule has 0 bridgehead atoms. The number of nitrogens with zero attached hydrogens (tertiary/aromatic N) is 3. The van der Waals surface area contributed by atoms with Gasteiger partial charge in [0.1, 0.15) is 0 Å². The van der Waals surface area contributed by atoms with Crippen LogP contribution >= 0.6 is 0 Å². The Hall–Kier alpha value is -2.41. The Bertz CT molecular complexity index is 610. The first-order valence-corrected chi connectivity index (χ1v) is 8.21. The molecule has 7 heteroatoms. The predicted octanol–water partition coefficient (Wildman–Crippen LogP) is 2.43. The fourth-order valence-electron chi connectivity index (χ4n) is 2.59. The van der Waals surface area contributed by atoms with E-state index in [1.54, 1.807) is 24.5 Å². The normalized spacial score (nSPS) is 12.2. The molecule has 7 nitrogen and oxygen atoms in total. The van der Waals surface area contributed by atoms with Gasteiger partial charge < -0.3 is 15.7 Å². The van der Waals surface area contributed by atoms with Crippen molar-refractivity contribution >= 4 is 11.7 Å². The maximum absolute atomic E-state index is 12.0. The topological polar surface area (TPSA) is 92.1 Å². The second-order valence-corrected chi connectivity index (χ2v) is 6.21. The van der Waals surface area contributed by atoms with Gasteiger partial charge in [0.05, 0.1) is 18.1 Å². The maximum Gasteiger partial charge on any atom is 0.319 e. The van der Waals surface area contributed by atoms with Gasteiger partial charge in [0.2, 0.25) is 0 Å². The largest absolute Gasteiger partial charge is 0.396 e. The molecule has 1 aromatic heterocycles. The Kier molecular flexibility index (Phi) is 6.74. The van der Waals surface area contributed by atoms with E-state index in [2.05, 4.69) is 34.7 Å². The van der Waals surface area contributed by atoms with Crippen molar-refractivity contribution in [3.05, 3.63) is 36.7 Å². The van der Waals surface area contributed by atoms with Gasteiger partial charge in [0, 0.05) is 18.8 Å². The molecular weight excluding hydrogens is 306 g/mol. The van der Waals surface area contributed by atoms with Crippen molar-refractivity contribution < 1.29 is 9.90 Å². The van der Waals surface area contributed by atoms with Crippen LogP contribution in [0.25, 0.3) is 5.69 Å².